The van der Waals surface area contributed by atoms with Crippen LogP contribution in [0.25, 0.3) is 0 Å². The summed E-state index contributed by atoms with van der Waals surface area (Å²) >= 11 is 0. The summed E-state index contributed by atoms with van der Waals surface area (Å²) in [6, 6.07) is 8.37. The number of aliphatic imine (C=N–C) groups is 1. The van der Waals surface area contributed by atoms with Gasteiger partial charge in [-0.1, -0.05) is 45.2 Å². The maximum atomic E-state index is 4.85. The standard InChI is InChI=1S/C17H21N5.C2H6/c1-4-8-17(9-5-1)16(20-12-15-18-10-11-19-15)21-13-6-2-3-7-14(13)22-17;1-2/h2-3,6-7,10-11,22H,1,4-5,8-9,12H2,(H,18,19)(H,20,21);1-2H3. The van der Waals surface area contributed by atoms with Crippen LogP contribution < -0.4 is 10.6 Å². The number of aromatic amines is 1. The molecule has 2 aliphatic rings. The molecule has 0 atom stereocenters. The minimum Gasteiger partial charge on any atom is -0.371 e. The van der Waals surface area contributed by atoms with Gasteiger partial charge in [0, 0.05) is 12.4 Å². The first-order valence-corrected chi connectivity index (χ1v) is 9.03. The zero-order valence-corrected chi connectivity index (χ0v) is 14.6. The summed E-state index contributed by atoms with van der Waals surface area (Å²) < 4.78 is 0. The van der Waals surface area contributed by atoms with E-state index >= 15 is 0 Å². The molecule has 2 aromatic rings. The molecule has 24 heavy (non-hydrogen) atoms. The predicted molar refractivity (Wildman–Crippen MR) is 101 cm³/mol. The molecule has 3 N–H and O–H groups in total. The van der Waals surface area contributed by atoms with Gasteiger partial charge in [0.05, 0.1) is 23.5 Å². The highest BCUT2D eigenvalue weighted by Crippen LogP contribution is 2.39. The zero-order chi connectivity index (χ0) is 16.8. The quantitative estimate of drug-likeness (QED) is 0.757. The topological polar surface area (TPSA) is 65.1 Å². The van der Waals surface area contributed by atoms with Gasteiger partial charge in [-0.2, -0.15) is 0 Å². The van der Waals surface area contributed by atoms with E-state index in [0.717, 1.165) is 30.2 Å². The van der Waals surface area contributed by atoms with Gasteiger partial charge in [-0.15, -0.1) is 0 Å². The fourth-order valence-corrected chi connectivity index (χ4v) is 3.51. The van der Waals surface area contributed by atoms with Crippen molar-refractivity contribution in [3.8, 4) is 0 Å². The molecule has 1 spiro atoms. The maximum absolute atomic E-state index is 4.85. The highest BCUT2D eigenvalue weighted by Gasteiger charge is 2.40. The van der Waals surface area contributed by atoms with Crippen molar-refractivity contribution in [2.24, 2.45) is 4.99 Å². The lowest BCUT2D eigenvalue weighted by molar-refractivity contribution is 0.402. The summed E-state index contributed by atoms with van der Waals surface area (Å²) in [5.74, 6) is 1.96. The molecule has 1 aromatic carbocycles. The van der Waals surface area contributed by atoms with Gasteiger partial charge in [0.15, 0.2) is 0 Å². The molecule has 4 rings (SSSR count). The number of hydrogen-bond acceptors (Lipinski definition) is 3. The van der Waals surface area contributed by atoms with Crippen LogP contribution in [0.4, 0.5) is 11.4 Å². The van der Waals surface area contributed by atoms with Gasteiger partial charge < -0.3 is 15.6 Å². The molecule has 0 amide bonds. The first kappa shape index (κ1) is 16.6. The number of nitrogens with zero attached hydrogens (tertiary/aromatic N) is 2. The van der Waals surface area contributed by atoms with Gasteiger partial charge in [-0.05, 0) is 25.0 Å². The first-order valence-electron chi connectivity index (χ1n) is 9.03. The molecular formula is C19H27N5. The monoisotopic (exact) mass is 325 g/mol. The Bertz CT molecular complexity index is 669. The van der Waals surface area contributed by atoms with Gasteiger partial charge in [-0.25, -0.2) is 4.98 Å². The Morgan fingerprint density at radius 3 is 2.54 bits per heavy atom. The number of fused-ring (bicyclic) bond motifs is 1. The number of H-pyrrole nitrogens is 1. The van der Waals surface area contributed by atoms with Crippen molar-refractivity contribution in [3.63, 3.8) is 0 Å². The second-order valence-corrected chi connectivity index (χ2v) is 6.14. The first-order chi connectivity index (χ1) is 11.9. The number of aromatic nitrogens is 2. The van der Waals surface area contributed by atoms with E-state index in [9.17, 15) is 0 Å². The van der Waals surface area contributed by atoms with Crippen LogP contribution in [0.5, 0.6) is 0 Å². The van der Waals surface area contributed by atoms with E-state index in [1.807, 2.05) is 20.0 Å². The Balaban J connectivity index is 0.000000815. The average Bonchev–Trinajstić information content (AvgIpc) is 3.16. The number of imidazole rings is 1. The van der Waals surface area contributed by atoms with Crippen molar-refractivity contribution in [2.45, 2.75) is 58.0 Å². The Morgan fingerprint density at radius 2 is 1.83 bits per heavy atom. The van der Waals surface area contributed by atoms with Crippen molar-refractivity contribution in [2.75, 3.05) is 10.6 Å². The summed E-state index contributed by atoms with van der Waals surface area (Å²) in [5, 5.41) is 7.33. The highest BCUT2D eigenvalue weighted by molar-refractivity contribution is 6.09. The number of benzene rings is 1. The predicted octanol–water partition coefficient (Wildman–Crippen LogP) is 4.57. The van der Waals surface area contributed by atoms with Crippen LogP contribution in [0.1, 0.15) is 51.8 Å². The lowest BCUT2D eigenvalue weighted by atomic mass is 9.79. The third kappa shape index (κ3) is 3.30. The Labute approximate surface area is 144 Å². The Kier molecular flexibility index (Phi) is 5.18. The van der Waals surface area contributed by atoms with Gasteiger partial charge in [0.2, 0.25) is 0 Å². The Hall–Kier alpha value is -2.30. The molecule has 5 heteroatoms. The fourth-order valence-electron chi connectivity index (χ4n) is 3.51. The van der Waals surface area contributed by atoms with Crippen molar-refractivity contribution < 1.29 is 0 Å². The SMILES string of the molecule is CC.c1ccc2c(c1)NC(=NCc1ncc[nH]1)C1(CCCCC1)N2. The molecular weight excluding hydrogens is 298 g/mol. The fraction of sp³-hybridized carbons (Fsp3) is 0.474. The van der Waals surface area contributed by atoms with E-state index < -0.39 is 0 Å². The van der Waals surface area contributed by atoms with Crippen LogP contribution in [0.3, 0.4) is 0 Å². The number of anilines is 2. The van der Waals surface area contributed by atoms with Crippen molar-refractivity contribution in [3.05, 3.63) is 42.5 Å². The summed E-state index contributed by atoms with van der Waals surface area (Å²) in [6.45, 7) is 4.58. The summed E-state index contributed by atoms with van der Waals surface area (Å²) in [7, 11) is 0. The Morgan fingerprint density at radius 1 is 1.08 bits per heavy atom. The number of para-hydroxylation sites is 2. The average molecular weight is 325 g/mol. The van der Waals surface area contributed by atoms with Crippen LogP contribution in [0.2, 0.25) is 0 Å². The van der Waals surface area contributed by atoms with Gasteiger partial charge >= 0.3 is 0 Å². The van der Waals surface area contributed by atoms with E-state index in [0.29, 0.717) is 6.54 Å². The van der Waals surface area contributed by atoms with Gasteiger partial charge in [0.1, 0.15) is 11.7 Å². The molecule has 1 aromatic heterocycles. The van der Waals surface area contributed by atoms with Gasteiger partial charge in [-0.3, -0.25) is 4.99 Å². The number of rotatable bonds is 2. The van der Waals surface area contributed by atoms with E-state index in [-0.39, 0.29) is 5.54 Å². The second-order valence-electron chi connectivity index (χ2n) is 6.14. The lowest BCUT2D eigenvalue weighted by Gasteiger charge is -2.44. The smallest absolute Gasteiger partial charge is 0.127 e. The molecule has 0 saturated heterocycles. The molecule has 0 unspecified atom stereocenters. The number of hydrogen-bond donors (Lipinski definition) is 3. The van der Waals surface area contributed by atoms with Crippen molar-refractivity contribution in [1.29, 1.82) is 0 Å². The molecule has 0 radical (unpaired) electrons. The van der Waals surface area contributed by atoms with E-state index in [1.165, 1.54) is 24.9 Å². The molecule has 2 heterocycles. The number of amidine groups is 1. The maximum Gasteiger partial charge on any atom is 0.127 e. The van der Waals surface area contributed by atoms with Crippen molar-refractivity contribution in [1.82, 2.24) is 9.97 Å². The third-order valence-electron chi connectivity index (χ3n) is 4.66. The molecule has 1 saturated carbocycles. The molecule has 1 aliphatic carbocycles. The normalized spacial score (nSPS) is 19.7. The zero-order valence-electron chi connectivity index (χ0n) is 14.6. The third-order valence-corrected chi connectivity index (χ3v) is 4.66. The summed E-state index contributed by atoms with van der Waals surface area (Å²) in [4.78, 5) is 12.2. The van der Waals surface area contributed by atoms with E-state index in [2.05, 4.69) is 44.9 Å². The van der Waals surface area contributed by atoms with Crippen LogP contribution in [0.15, 0.2) is 41.7 Å². The lowest BCUT2D eigenvalue weighted by Crippen LogP contribution is -2.53. The minimum absolute atomic E-state index is 0.0425. The second kappa shape index (κ2) is 7.51. The molecule has 1 aliphatic heterocycles. The molecule has 1 fully saturated rings. The van der Waals surface area contributed by atoms with Gasteiger partial charge in [0.25, 0.3) is 0 Å². The van der Waals surface area contributed by atoms with Crippen molar-refractivity contribution >= 4 is 17.2 Å². The highest BCUT2D eigenvalue weighted by atomic mass is 15.2. The summed E-state index contributed by atoms with van der Waals surface area (Å²) in [5.41, 5.74) is 2.25. The van der Waals surface area contributed by atoms with E-state index in [1.54, 1.807) is 6.20 Å². The largest absolute Gasteiger partial charge is 0.371 e. The van der Waals surface area contributed by atoms with Crippen LogP contribution in [0, 0.1) is 0 Å². The summed E-state index contributed by atoms with van der Waals surface area (Å²) in [6.07, 6.45) is 9.68. The minimum atomic E-state index is -0.0425. The van der Waals surface area contributed by atoms with Crippen LogP contribution >= 0.6 is 0 Å². The van der Waals surface area contributed by atoms with Crippen LogP contribution in [-0.2, 0) is 6.54 Å². The number of nitrogens with one attached hydrogen (secondary N) is 3. The van der Waals surface area contributed by atoms with E-state index in [4.69, 9.17) is 4.99 Å². The molecule has 0 bridgehead atoms. The molecule has 128 valence electrons. The van der Waals surface area contributed by atoms with Crippen LogP contribution in [-0.4, -0.2) is 21.3 Å². The molecule has 5 nitrogen and oxygen atoms in total.